The normalized spacial score (nSPS) is 21.7. The first-order valence-electron chi connectivity index (χ1n) is 11.0. The zero-order valence-electron chi connectivity index (χ0n) is 17.4. The summed E-state index contributed by atoms with van der Waals surface area (Å²) >= 11 is 0. The van der Waals surface area contributed by atoms with Crippen molar-refractivity contribution in [3.8, 4) is 11.4 Å². The van der Waals surface area contributed by atoms with Gasteiger partial charge >= 0.3 is 0 Å². The largest absolute Gasteiger partial charge is 0.381 e. The number of fused-ring (bicyclic) bond motifs is 3. The smallest absolute Gasteiger partial charge is 0.181 e. The molecule has 0 amide bonds. The van der Waals surface area contributed by atoms with Crippen molar-refractivity contribution in [2.75, 3.05) is 13.2 Å². The minimum Gasteiger partial charge on any atom is -0.381 e. The molecule has 0 radical (unpaired) electrons. The molecular formula is C24H23F2N5O. The number of halogens is 2. The lowest BCUT2D eigenvalue weighted by Crippen LogP contribution is -2.39. The molecule has 3 N–H and O–H groups in total. The number of rotatable bonds is 3. The van der Waals surface area contributed by atoms with Crippen molar-refractivity contribution in [2.45, 2.75) is 31.3 Å². The topological polar surface area (TPSA) is 78.6 Å². The first-order valence-corrected chi connectivity index (χ1v) is 11.0. The Hall–Kier alpha value is -3.10. The molecular weight excluding hydrogens is 412 g/mol. The van der Waals surface area contributed by atoms with E-state index in [0.717, 1.165) is 54.0 Å². The van der Waals surface area contributed by atoms with Crippen LogP contribution in [0.25, 0.3) is 22.3 Å². The molecule has 6 nitrogen and oxygen atoms in total. The SMILES string of the molecule is Fc1ccc(-c2n[nH]c([C@H]3Cc4c([nH]c5cc(F)ccc45)C(C4CCOCC4)N3)n2)cc1. The van der Waals surface area contributed by atoms with E-state index in [1.54, 1.807) is 18.2 Å². The van der Waals surface area contributed by atoms with Gasteiger partial charge in [0.2, 0.25) is 0 Å². The molecule has 0 bridgehead atoms. The van der Waals surface area contributed by atoms with Crippen LogP contribution in [0.1, 0.15) is 42.0 Å². The summed E-state index contributed by atoms with van der Waals surface area (Å²) in [5.74, 6) is 1.14. The lowest BCUT2D eigenvalue weighted by Gasteiger charge is -2.37. The van der Waals surface area contributed by atoms with Crippen molar-refractivity contribution in [2.24, 2.45) is 5.92 Å². The molecule has 0 saturated carbocycles. The second-order valence-electron chi connectivity index (χ2n) is 8.61. The Balaban J connectivity index is 1.38. The first-order chi connectivity index (χ1) is 15.7. The predicted molar refractivity (Wildman–Crippen MR) is 116 cm³/mol. The van der Waals surface area contributed by atoms with E-state index in [1.807, 2.05) is 6.07 Å². The number of hydrogen-bond acceptors (Lipinski definition) is 4. The lowest BCUT2D eigenvalue weighted by atomic mass is 9.83. The number of aromatic amines is 2. The number of ether oxygens (including phenoxy) is 1. The molecule has 2 aromatic heterocycles. The summed E-state index contributed by atoms with van der Waals surface area (Å²) < 4.78 is 32.8. The van der Waals surface area contributed by atoms with E-state index in [9.17, 15) is 8.78 Å². The Bertz CT molecular complexity index is 1260. The van der Waals surface area contributed by atoms with Crippen LogP contribution in [0.3, 0.4) is 0 Å². The van der Waals surface area contributed by atoms with Crippen LogP contribution < -0.4 is 5.32 Å². The summed E-state index contributed by atoms with van der Waals surface area (Å²) in [6.07, 6.45) is 2.63. The van der Waals surface area contributed by atoms with Gasteiger partial charge in [-0.1, -0.05) is 0 Å². The molecule has 2 aliphatic rings. The van der Waals surface area contributed by atoms with Crippen LogP contribution >= 0.6 is 0 Å². The standard InChI is InChI=1S/C24H23F2N5O/c25-15-3-1-14(2-4-15)23-29-24(31-30-23)20-12-18-17-6-5-16(26)11-19(17)27-22(18)21(28-20)13-7-9-32-10-8-13/h1-6,11,13,20-21,27-28H,7-10,12H2,(H,29,30,31)/t20-,21?/m1/s1. The van der Waals surface area contributed by atoms with Gasteiger partial charge in [0, 0.05) is 35.4 Å². The van der Waals surface area contributed by atoms with Crippen LogP contribution in [0.4, 0.5) is 8.78 Å². The molecule has 164 valence electrons. The molecule has 1 unspecified atom stereocenters. The Morgan fingerprint density at radius 1 is 0.969 bits per heavy atom. The van der Waals surface area contributed by atoms with Gasteiger partial charge in [-0.05, 0) is 73.2 Å². The molecule has 1 saturated heterocycles. The highest BCUT2D eigenvalue weighted by Crippen LogP contribution is 2.41. The van der Waals surface area contributed by atoms with Crippen molar-refractivity contribution in [1.29, 1.82) is 0 Å². The van der Waals surface area contributed by atoms with E-state index in [0.29, 0.717) is 18.2 Å². The van der Waals surface area contributed by atoms with Gasteiger partial charge in [0.25, 0.3) is 0 Å². The Morgan fingerprint density at radius 3 is 2.56 bits per heavy atom. The Morgan fingerprint density at radius 2 is 1.75 bits per heavy atom. The fourth-order valence-corrected chi connectivity index (χ4v) is 5.05. The average molecular weight is 435 g/mol. The summed E-state index contributed by atoms with van der Waals surface area (Å²) in [6, 6.07) is 11.1. The summed E-state index contributed by atoms with van der Waals surface area (Å²) in [5, 5.41) is 12.3. The molecule has 8 heteroatoms. The zero-order chi connectivity index (χ0) is 21.7. The van der Waals surface area contributed by atoms with E-state index in [1.165, 1.54) is 23.8 Å². The van der Waals surface area contributed by atoms with Crippen molar-refractivity contribution >= 4 is 10.9 Å². The van der Waals surface area contributed by atoms with Crippen LogP contribution in [-0.2, 0) is 11.2 Å². The van der Waals surface area contributed by atoms with E-state index in [-0.39, 0.29) is 23.7 Å². The maximum atomic E-state index is 13.9. The third-order valence-corrected chi connectivity index (χ3v) is 6.67. The van der Waals surface area contributed by atoms with Gasteiger partial charge in [0.15, 0.2) is 5.82 Å². The van der Waals surface area contributed by atoms with Crippen molar-refractivity contribution in [3.05, 3.63) is 71.2 Å². The van der Waals surface area contributed by atoms with Gasteiger partial charge in [0.1, 0.15) is 17.5 Å². The lowest BCUT2D eigenvalue weighted by molar-refractivity contribution is 0.0497. The predicted octanol–water partition coefficient (Wildman–Crippen LogP) is 4.59. The third kappa shape index (κ3) is 3.40. The van der Waals surface area contributed by atoms with Crippen LogP contribution in [0.5, 0.6) is 0 Å². The molecule has 0 aliphatic carbocycles. The summed E-state index contributed by atoms with van der Waals surface area (Å²) in [7, 11) is 0. The molecule has 0 spiro atoms. The van der Waals surface area contributed by atoms with Crippen molar-refractivity contribution < 1.29 is 13.5 Å². The van der Waals surface area contributed by atoms with Crippen molar-refractivity contribution in [1.82, 2.24) is 25.5 Å². The van der Waals surface area contributed by atoms with Gasteiger partial charge in [-0.3, -0.25) is 10.4 Å². The highest BCUT2D eigenvalue weighted by Gasteiger charge is 2.36. The molecule has 6 rings (SSSR count). The summed E-state index contributed by atoms with van der Waals surface area (Å²) in [6.45, 7) is 1.49. The number of nitrogens with one attached hydrogen (secondary N) is 3. The number of benzene rings is 2. The monoisotopic (exact) mass is 435 g/mol. The third-order valence-electron chi connectivity index (χ3n) is 6.67. The second kappa shape index (κ2) is 7.79. The van der Waals surface area contributed by atoms with E-state index in [4.69, 9.17) is 9.72 Å². The molecule has 2 atom stereocenters. The minimum absolute atomic E-state index is 0.0684. The van der Waals surface area contributed by atoms with Gasteiger partial charge in [-0.25, -0.2) is 13.8 Å². The van der Waals surface area contributed by atoms with Gasteiger partial charge in [0.05, 0.1) is 12.1 Å². The number of aromatic nitrogens is 4. The summed E-state index contributed by atoms with van der Waals surface area (Å²) in [4.78, 5) is 8.21. The van der Waals surface area contributed by atoms with Crippen LogP contribution in [-0.4, -0.2) is 33.4 Å². The summed E-state index contributed by atoms with van der Waals surface area (Å²) in [5.41, 5.74) is 3.90. The second-order valence-corrected chi connectivity index (χ2v) is 8.61. The highest BCUT2D eigenvalue weighted by molar-refractivity contribution is 5.85. The zero-order valence-corrected chi connectivity index (χ0v) is 17.4. The highest BCUT2D eigenvalue weighted by atomic mass is 19.1. The molecule has 2 aromatic carbocycles. The molecule has 1 fully saturated rings. The van der Waals surface area contributed by atoms with Gasteiger partial charge in [-0.2, -0.15) is 5.10 Å². The Labute approximate surface area is 183 Å². The minimum atomic E-state index is -0.291. The number of nitrogens with zero attached hydrogens (tertiary/aromatic N) is 2. The maximum absolute atomic E-state index is 13.9. The van der Waals surface area contributed by atoms with E-state index >= 15 is 0 Å². The maximum Gasteiger partial charge on any atom is 0.181 e. The molecule has 4 heterocycles. The van der Waals surface area contributed by atoms with Gasteiger partial charge in [-0.15, -0.1) is 0 Å². The van der Waals surface area contributed by atoms with E-state index in [2.05, 4.69) is 20.5 Å². The Kier molecular flexibility index (Phi) is 4.77. The van der Waals surface area contributed by atoms with Crippen LogP contribution in [0.15, 0.2) is 42.5 Å². The fourth-order valence-electron chi connectivity index (χ4n) is 5.05. The number of H-pyrrole nitrogens is 2. The van der Waals surface area contributed by atoms with Crippen LogP contribution in [0.2, 0.25) is 0 Å². The average Bonchev–Trinajstić information content (AvgIpc) is 3.44. The van der Waals surface area contributed by atoms with Crippen molar-refractivity contribution in [3.63, 3.8) is 0 Å². The quantitative estimate of drug-likeness (QED) is 0.440. The molecule has 2 aliphatic heterocycles. The fraction of sp³-hybridized carbons (Fsp3) is 0.333. The van der Waals surface area contributed by atoms with Crippen LogP contribution in [0, 0.1) is 17.6 Å². The molecule has 4 aromatic rings. The van der Waals surface area contributed by atoms with E-state index < -0.39 is 0 Å². The molecule has 32 heavy (non-hydrogen) atoms. The van der Waals surface area contributed by atoms with Gasteiger partial charge < -0.3 is 9.72 Å². The first kappa shape index (κ1) is 19.6. The number of hydrogen-bond donors (Lipinski definition) is 3.